The summed E-state index contributed by atoms with van der Waals surface area (Å²) in [6, 6.07) is 5.82. The van der Waals surface area contributed by atoms with Crippen LogP contribution in [0.5, 0.6) is 0 Å². The van der Waals surface area contributed by atoms with E-state index in [9.17, 15) is 4.79 Å². The SMILES string of the molecule is O=C(c1cc(Br)cc(Br)c1)C1CCCCCC1. The summed E-state index contributed by atoms with van der Waals surface area (Å²) in [6.07, 6.45) is 7.08. The first-order valence-corrected chi connectivity index (χ1v) is 7.76. The van der Waals surface area contributed by atoms with Crippen LogP contribution in [0.2, 0.25) is 0 Å². The molecule has 1 aromatic rings. The largest absolute Gasteiger partial charge is 0.294 e. The van der Waals surface area contributed by atoms with Crippen molar-refractivity contribution in [3.63, 3.8) is 0 Å². The van der Waals surface area contributed by atoms with E-state index in [1.165, 1.54) is 25.7 Å². The van der Waals surface area contributed by atoms with Crippen molar-refractivity contribution in [1.82, 2.24) is 0 Å². The third-order valence-electron chi connectivity index (χ3n) is 3.37. The lowest BCUT2D eigenvalue weighted by atomic mass is 9.91. The molecule has 1 saturated carbocycles. The molecule has 1 fully saturated rings. The predicted octanol–water partition coefficient (Wildman–Crippen LogP) is 5.36. The van der Waals surface area contributed by atoms with Crippen LogP contribution < -0.4 is 0 Å². The first kappa shape index (κ1) is 13.3. The van der Waals surface area contributed by atoms with Crippen LogP contribution in [0.4, 0.5) is 0 Å². The second-order valence-corrected chi connectivity index (χ2v) is 6.54. The molecule has 0 heterocycles. The van der Waals surface area contributed by atoms with Gasteiger partial charge in [0.2, 0.25) is 0 Å². The van der Waals surface area contributed by atoms with Gasteiger partial charge in [0, 0.05) is 20.4 Å². The molecule has 0 unspecified atom stereocenters. The molecule has 0 aliphatic heterocycles. The summed E-state index contributed by atoms with van der Waals surface area (Å²) in [5, 5.41) is 0. The lowest BCUT2D eigenvalue weighted by Gasteiger charge is -2.13. The van der Waals surface area contributed by atoms with Gasteiger partial charge in [-0.15, -0.1) is 0 Å². The number of Topliss-reactive ketones (excluding diaryl/α,β-unsaturated/α-hetero) is 1. The number of hydrogen-bond acceptors (Lipinski definition) is 1. The van der Waals surface area contributed by atoms with Gasteiger partial charge in [0.05, 0.1) is 0 Å². The second-order valence-electron chi connectivity index (χ2n) is 4.71. The standard InChI is InChI=1S/C14H16Br2O/c15-12-7-11(8-13(16)9-12)14(17)10-5-3-1-2-4-6-10/h7-10H,1-6H2. The molecule has 0 N–H and O–H groups in total. The monoisotopic (exact) mass is 358 g/mol. The van der Waals surface area contributed by atoms with E-state index in [-0.39, 0.29) is 5.92 Å². The Kier molecular flexibility index (Phi) is 4.80. The summed E-state index contributed by atoms with van der Waals surface area (Å²) >= 11 is 6.88. The zero-order valence-electron chi connectivity index (χ0n) is 9.72. The molecule has 0 radical (unpaired) electrons. The van der Waals surface area contributed by atoms with Crippen LogP contribution in [-0.2, 0) is 0 Å². The average Bonchev–Trinajstić information content (AvgIpc) is 2.55. The highest BCUT2D eigenvalue weighted by molar-refractivity contribution is 9.11. The quantitative estimate of drug-likeness (QED) is 0.512. The molecular weight excluding hydrogens is 344 g/mol. The summed E-state index contributed by atoms with van der Waals surface area (Å²) in [6.45, 7) is 0. The Hall–Kier alpha value is -0.150. The summed E-state index contributed by atoms with van der Waals surface area (Å²) in [7, 11) is 0. The Morgan fingerprint density at radius 2 is 1.47 bits per heavy atom. The minimum Gasteiger partial charge on any atom is -0.294 e. The van der Waals surface area contributed by atoms with E-state index in [0.717, 1.165) is 27.4 Å². The Balaban J connectivity index is 2.17. The van der Waals surface area contributed by atoms with Crippen LogP contribution in [0.15, 0.2) is 27.1 Å². The molecule has 1 nitrogen and oxygen atoms in total. The van der Waals surface area contributed by atoms with Crippen LogP contribution in [0, 0.1) is 5.92 Å². The third kappa shape index (κ3) is 3.65. The van der Waals surface area contributed by atoms with Crippen molar-refractivity contribution in [1.29, 1.82) is 0 Å². The van der Waals surface area contributed by atoms with E-state index in [1.54, 1.807) is 0 Å². The fourth-order valence-corrected chi connectivity index (χ4v) is 3.77. The van der Waals surface area contributed by atoms with Gasteiger partial charge in [-0.25, -0.2) is 0 Å². The molecule has 3 heteroatoms. The number of carbonyl (C=O) groups excluding carboxylic acids is 1. The third-order valence-corrected chi connectivity index (χ3v) is 4.29. The Labute approximate surface area is 119 Å². The van der Waals surface area contributed by atoms with Crippen LogP contribution in [0.25, 0.3) is 0 Å². The van der Waals surface area contributed by atoms with Gasteiger partial charge in [0.15, 0.2) is 5.78 Å². The number of benzene rings is 1. The molecule has 2 rings (SSSR count). The molecule has 0 aromatic heterocycles. The molecule has 0 spiro atoms. The van der Waals surface area contributed by atoms with Gasteiger partial charge in [-0.05, 0) is 31.0 Å². The molecule has 1 aromatic carbocycles. The highest BCUT2D eigenvalue weighted by Crippen LogP contribution is 2.28. The first-order valence-electron chi connectivity index (χ1n) is 6.17. The fraction of sp³-hybridized carbons (Fsp3) is 0.500. The maximum absolute atomic E-state index is 12.4. The zero-order chi connectivity index (χ0) is 12.3. The van der Waals surface area contributed by atoms with Crippen LogP contribution in [-0.4, -0.2) is 5.78 Å². The molecule has 0 saturated heterocycles. The van der Waals surface area contributed by atoms with Gasteiger partial charge in [0.25, 0.3) is 0 Å². The Bertz CT molecular complexity index is 386. The molecule has 1 aliphatic carbocycles. The molecule has 92 valence electrons. The minimum atomic E-state index is 0.235. The lowest BCUT2D eigenvalue weighted by molar-refractivity contribution is 0.0908. The van der Waals surface area contributed by atoms with Gasteiger partial charge in [-0.1, -0.05) is 57.5 Å². The number of hydrogen-bond donors (Lipinski definition) is 0. The zero-order valence-corrected chi connectivity index (χ0v) is 12.9. The average molecular weight is 360 g/mol. The van der Waals surface area contributed by atoms with Gasteiger partial charge in [-0.2, -0.15) is 0 Å². The molecule has 0 atom stereocenters. The summed E-state index contributed by atoms with van der Waals surface area (Å²) in [4.78, 5) is 12.4. The predicted molar refractivity (Wildman–Crippen MR) is 77.4 cm³/mol. The minimum absolute atomic E-state index is 0.235. The van der Waals surface area contributed by atoms with Crippen molar-refractivity contribution in [2.45, 2.75) is 38.5 Å². The van der Waals surface area contributed by atoms with E-state index in [4.69, 9.17) is 0 Å². The number of ketones is 1. The summed E-state index contributed by atoms with van der Waals surface area (Å²) < 4.78 is 1.92. The van der Waals surface area contributed by atoms with Gasteiger partial charge in [0.1, 0.15) is 0 Å². The van der Waals surface area contributed by atoms with E-state index >= 15 is 0 Å². The molecule has 0 bridgehead atoms. The van der Waals surface area contributed by atoms with Crippen molar-refractivity contribution < 1.29 is 4.79 Å². The van der Waals surface area contributed by atoms with E-state index in [0.29, 0.717) is 5.78 Å². The summed E-state index contributed by atoms with van der Waals surface area (Å²) in [5.74, 6) is 0.549. The molecule has 0 amide bonds. The smallest absolute Gasteiger partial charge is 0.166 e. The molecule has 1 aliphatic rings. The van der Waals surface area contributed by atoms with Crippen LogP contribution >= 0.6 is 31.9 Å². The van der Waals surface area contributed by atoms with Gasteiger partial charge < -0.3 is 0 Å². The van der Waals surface area contributed by atoms with Crippen molar-refractivity contribution in [3.8, 4) is 0 Å². The van der Waals surface area contributed by atoms with E-state index in [2.05, 4.69) is 31.9 Å². The highest BCUT2D eigenvalue weighted by atomic mass is 79.9. The van der Waals surface area contributed by atoms with Crippen LogP contribution in [0.1, 0.15) is 48.9 Å². The number of rotatable bonds is 2. The summed E-state index contributed by atoms with van der Waals surface area (Å²) in [5.41, 5.74) is 0.832. The Morgan fingerprint density at radius 3 is 2.00 bits per heavy atom. The van der Waals surface area contributed by atoms with E-state index in [1.807, 2.05) is 18.2 Å². The topological polar surface area (TPSA) is 17.1 Å². The molecule has 17 heavy (non-hydrogen) atoms. The molecular formula is C14H16Br2O. The maximum atomic E-state index is 12.4. The fourth-order valence-electron chi connectivity index (χ4n) is 2.47. The normalized spacial score (nSPS) is 17.8. The van der Waals surface area contributed by atoms with Crippen molar-refractivity contribution in [2.75, 3.05) is 0 Å². The van der Waals surface area contributed by atoms with Crippen LogP contribution in [0.3, 0.4) is 0 Å². The van der Waals surface area contributed by atoms with Crippen molar-refractivity contribution in [3.05, 3.63) is 32.7 Å². The van der Waals surface area contributed by atoms with Crippen molar-refractivity contribution >= 4 is 37.6 Å². The highest BCUT2D eigenvalue weighted by Gasteiger charge is 2.21. The number of carbonyl (C=O) groups is 1. The van der Waals surface area contributed by atoms with Gasteiger partial charge in [-0.3, -0.25) is 4.79 Å². The lowest BCUT2D eigenvalue weighted by Crippen LogP contribution is -2.14. The number of halogens is 2. The Morgan fingerprint density at radius 1 is 0.941 bits per heavy atom. The second kappa shape index (κ2) is 6.14. The van der Waals surface area contributed by atoms with Crippen molar-refractivity contribution in [2.24, 2.45) is 5.92 Å². The van der Waals surface area contributed by atoms with Gasteiger partial charge >= 0.3 is 0 Å². The van der Waals surface area contributed by atoms with E-state index < -0.39 is 0 Å². The maximum Gasteiger partial charge on any atom is 0.166 e. The first-order chi connectivity index (χ1) is 8.16.